The molecule has 0 bridgehead atoms. The number of nitrogens with zero attached hydrogens (tertiary/aromatic N) is 3. The summed E-state index contributed by atoms with van der Waals surface area (Å²) in [7, 11) is 0. The molecule has 0 aliphatic carbocycles. The van der Waals surface area contributed by atoms with Gasteiger partial charge in [-0.05, 0) is 30.0 Å². The lowest BCUT2D eigenvalue weighted by Gasteiger charge is -2.36. The first-order valence-electron chi connectivity index (χ1n) is 10.1. The molecule has 0 radical (unpaired) electrons. The van der Waals surface area contributed by atoms with Gasteiger partial charge < -0.3 is 0 Å². The number of rotatable bonds is 7. The van der Waals surface area contributed by atoms with Crippen LogP contribution in [0.25, 0.3) is 0 Å². The van der Waals surface area contributed by atoms with Crippen LogP contribution in [-0.2, 0) is 13.1 Å². The van der Waals surface area contributed by atoms with Gasteiger partial charge in [-0.15, -0.1) is 0 Å². The standard InChI is InChI=1S/C21H31N5/c1-2-3-5-20-19-16-25(13-10-21(19)24-23-20)14-17-6-8-18(9-7-17)15-26-12-4-11-22-26/h4,6-9,11-12,19-21,23-24H,2-3,5,10,13-16H2,1H3. The summed E-state index contributed by atoms with van der Waals surface area (Å²) < 4.78 is 1.97. The molecule has 26 heavy (non-hydrogen) atoms. The molecular weight excluding hydrogens is 322 g/mol. The van der Waals surface area contributed by atoms with Crippen LogP contribution in [0.3, 0.4) is 0 Å². The van der Waals surface area contributed by atoms with E-state index >= 15 is 0 Å². The fraction of sp³-hybridized carbons (Fsp3) is 0.571. The molecule has 2 aliphatic heterocycles. The van der Waals surface area contributed by atoms with Crippen LogP contribution in [0.5, 0.6) is 0 Å². The molecule has 0 saturated carbocycles. The number of hydrazine groups is 1. The minimum Gasteiger partial charge on any atom is -0.299 e. The predicted octanol–water partition coefficient (Wildman–Crippen LogP) is 2.79. The van der Waals surface area contributed by atoms with Gasteiger partial charge in [0.05, 0.1) is 6.54 Å². The number of hydrogen-bond acceptors (Lipinski definition) is 4. The summed E-state index contributed by atoms with van der Waals surface area (Å²) in [6.45, 7) is 6.57. The Kier molecular flexibility index (Phi) is 5.68. The van der Waals surface area contributed by atoms with Crippen LogP contribution in [0.4, 0.5) is 0 Å². The number of fused-ring (bicyclic) bond motifs is 1. The Labute approximate surface area is 156 Å². The molecule has 2 aliphatic rings. The van der Waals surface area contributed by atoms with Crippen LogP contribution >= 0.6 is 0 Å². The van der Waals surface area contributed by atoms with E-state index in [1.54, 1.807) is 0 Å². The van der Waals surface area contributed by atoms with Crippen LogP contribution in [-0.4, -0.2) is 39.9 Å². The Morgan fingerprint density at radius 1 is 1.12 bits per heavy atom. The number of piperidine rings is 1. The largest absolute Gasteiger partial charge is 0.299 e. The number of hydrogen-bond donors (Lipinski definition) is 2. The summed E-state index contributed by atoms with van der Waals surface area (Å²) in [5.41, 5.74) is 9.83. The second-order valence-electron chi connectivity index (χ2n) is 7.85. The first-order chi connectivity index (χ1) is 12.8. The van der Waals surface area contributed by atoms with Crippen molar-refractivity contribution in [3.05, 3.63) is 53.9 Å². The van der Waals surface area contributed by atoms with E-state index in [-0.39, 0.29) is 0 Å². The van der Waals surface area contributed by atoms with Crippen LogP contribution in [0.15, 0.2) is 42.7 Å². The van der Waals surface area contributed by atoms with Crippen LogP contribution in [0, 0.1) is 5.92 Å². The number of nitrogens with one attached hydrogen (secondary N) is 2. The van der Waals surface area contributed by atoms with Crippen molar-refractivity contribution >= 4 is 0 Å². The van der Waals surface area contributed by atoms with E-state index in [1.165, 1.54) is 49.9 Å². The zero-order valence-electron chi connectivity index (χ0n) is 15.8. The summed E-state index contributed by atoms with van der Waals surface area (Å²) >= 11 is 0. The van der Waals surface area contributed by atoms with Gasteiger partial charge in [0, 0.05) is 50.0 Å². The molecule has 0 spiro atoms. The number of unbranched alkanes of at least 4 members (excludes halogenated alkanes) is 1. The van der Waals surface area contributed by atoms with Crippen molar-refractivity contribution in [3.8, 4) is 0 Å². The molecule has 3 unspecified atom stereocenters. The summed E-state index contributed by atoms with van der Waals surface area (Å²) in [4.78, 5) is 2.64. The van der Waals surface area contributed by atoms with Gasteiger partial charge >= 0.3 is 0 Å². The first-order valence-corrected chi connectivity index (χ1v) is 10.1. The lowest BCUT2D eigenvalue weighted by atomic mass is 9.86. The summed E-state index contributed by atoms with van der Waals surface area (Å²) in [5.74, 6) is 0.745. The number of benzene rings is 1. The third-order valence-corrected chi connectivity index (χ3v) is 5.91. The molecule has 3 atom stereocenters. The highest BCUT2D eigenvalue weighted by atomic mass is 15.4. The fourth-order valence-corrected chi connectivity index (χ4v) is 4.40. The van der Waals surface area contributed by atoms with Crippen LogP contribution in [0.1, 0.15) is 43.7 Å². The lowest BCUT2D eigenvalue weighted by molar-refractivity contribution is 0.146. The topological polar surface area (TPSA) is 45.1 Å². The van der Waals surface area contributed by atoms with E-state index in [0.717, 1.165) is 19.0 Å². The molecule has 2 N–H and O–H groups in total. The van der Waals surface area contributed by atoms with Crippen LogP contribution in [0.2, 0.25) is 0 Å². The molecule has 140 valence electrons. The Morgan fingerprint density at radius 3 is 2.65 bits per heavy atom. The lowest BCUT2D eigenvalue weighted by Crippen LogP contribution is -2.45. The highest BCUT2D eigenvalue weighted by Crippen LogP contribution is 2.27. The molecule has 0 amide bonds. The molecule has 2 fully saturated rings. The highest BCUT2D eigenvalue weighted by Gasteiger charge is 2.39. The highest BCUT2D eigenvalue weighted by molar-refractivity contribution is 5.23. The predicted molar refractivity (Wildman–Crippen MR) is 105 cm³/mol. The van der Waals surface area contributed by atoms with Crippen molar-refractivity contribution in [2.24, 2.45) is 5.92 Å². The Hall–Kier alpha value is -1.69. The first kappa shape index (κ1) is 17.7. The van der Waals surface area contributed by atoms with Crippen molar-refractivity contribution in [2.75, 3.05) is 13.1 Å². The van der Waals surface area contributed by atoms with Crippen molar-refractivity contribution in [1.29, 1.82) is 0 Å². The molecule has 1 aromatic heterocycles. The summed E-state index contributed by atoms with van der Waals surface area (Å²) in [6, 6.07) is 12.3. The second-order valence-corrected chi connectivity index (χ2v) is 7.85. The zero-order valence-corrected chi connectivity index (χ0v) is 15.8. The monoisotopic (exact) mass is 353 g/mol. The summed E-state index contributed by atoms with van der Waals surface area (Å²) in [6.07, 6.45) is 8.98. The molecule has 5 nitrogen and oxygen atoms in total. The Morgan fingerprint density at radius 2 is 1.92 bits per heavy atom. The molecule has 2 saturated heterocycles. The quantitative estimate of drug-likeness (QED) is 0.803. The van der Waals surface area contributed by atoms with Gasteiger partial charge in [0.25, 0.3) is 0 Å². The SMILES string of the molecule is CCCCC1NNC2CCN(Cc3ccc(Cn4cccn4)cc3)CC12. The number of likely N-dealkylation sites (tertiary alicyclic amines) is 1. The maximum Gasteiger partial charge on any atom is 0.0659 e. The van der Waals surface area contributed by atoms with Crippen molar-refractivity contribution in [3.63, 3.8) is 0 Å². The van der Waals surface area contributed by atoms with Gasteiger partial charge in [0.2, 0.25) is 0 Å². The van der Waals surface area contributed by atoms with E-state index in [2.05, 4.69) is 52.0 Å². The van der Waals surface area contributed by atoms with E-state index in [1.807, 2.05) is 23.1 Å². The molecule has 3 heterocycles. The fourth-order valence-electron chi connectivity index (χ4n) is 4.40. The second kappa shape index (κ2) is 8.33. The third-order valence-electron chi connectivity index (χ3n) is 5.91. The average Bonchev–Trinajstić information content (AvgIpc) is 3.31. The normalized spacial score (nSPS) is 26.1. The van der Waals surface area contributed by atoms with Gasteiger partial charge in [-0.1, -0.05) is 44.0 Å². The van der Waals surface area contributed by atoms with E-state index < -0.39 is 0 Å². The van der Waals surface area contributed by atoms with Gasteiger partial charge in [0.15, 0.2) is 0 Å². The molecule has 2 aromatic rings. The average molecular weight is 354 g/mol. The minimum absolute atomic E-state index is 0.638. The maximum atomic E-state index is 4.28. The van der Waals surface area contributed by atoms with Crippen LogP contribution < -0.4 is 10.9 Å². The molecule has 5 heteroatoms. The van der Waals surface area contributed by atoms with Gasteiger partial charge in [-0.25, -0.2) is 0 Å². The minimum atomic E-state index is 0.638. The molecular formula is C21H31N5. The van der Waals surface area contributed by atoms with Crippen molar-refractivity contribution < 1.29 is 0 Å². The number of aromatic nitrogens is 2. The van der Waals surface area contributed by atoms with E-state index in [9.17, 15) is 0 Å². The van der Waals surface area contributed by atoms with Gasteiger partial charge in [-0.2, -0.15) is 5.10 Å². The third kappa shape index (κ3) is 4.17. The summed E-state index contributed by atoms with van der Waals surface area (Å²) in [5, 5.41) is 4.28. The van der Waals surface area contributed by atoms with E-state index in [4.69, 9.17) is 0 Å². The Balaban J connectivity index is 1.32. The molecule has 1 aromatic carbocycles. The Bertz CT molecular complexity index is 666. The van der Waals surface area contributed by atoms with Gasteiger partial charge in [0.1, 0.15) is 0 Å². The smallest absolute Gasteiger partial charge is 0.0659 e. The molecule has 4 rings (SSSR count). The van der Waals surface area contributed by atoms with Crippen molar-refractivity contribution in [1.82, 2.24) is 25.5 Å². The van der Waals surface area contributed by atoms with E-state index in [0.29, 0.717) is 12.1 Å². The maximum absolute atomic E-state index is 4.28. The zero-order chi connectivity index (χ0) is 17.8. The van der Waals surface area contributed by atoms with Crippen molar-refractivity contribution in [2.45, 2.75) is 57.8 Å². The van der Waals surface area contributed by atoms with Gasteiger partial charge in [-0.3, -0.25) is 20.4 Å².